The quantitative estimate of drug-likeness (QED) is 0.763. The Labute approximate surface area is 139 Å². The second-order valence-electron chi connectivity index (χ2n) is 5.78. The third-order valence-electron chi connectivity index (χ3n) is 4.34. The van der Waals surface area contributed by atoms with Gasteiger partial charge in [0.1, 0.15) is 5.69 Å². The second kappa shape index (κ2) is 5.92. The average molecular weight is 317 g/mol. The minimum Gasteiger partial charge on any atom is -0.335 e. The summed E-state index contributed by atoms with van der Waals surface area (Å²) in [7, 11) is 0. The zero-order valence-corrected chi connectivity index (χ0v) is 13.8. The Balaban J connectivity index is 1.93. The predicted molar refractivity (Wildman–Crippen MR) is 97.3 cm³/mol. The minimum atomic E-state index is 0.761. The summed E-state index contributed by atoms with van der Waals surface area (Å²) in [6.45, 7) is 4.00. The molecule has 0 aromatic carbocycles. The highest BCUT2D eigenvalue weighted by Crippen LogP contribution is 2.27. The molecule has 24 heavy (non-hydrogen) atoms. The molecule has 1 aliphatic rings. The van der Waals surface area contributed by atoms with Crippen molar-refractivity contribution in [2.24, 2.45) is 0 Å². The van der Waals surface area contributed by atoms with Gasteiger partial charge in [-0.1, -0.05) is 30.4 Å². The van der Waals surface area contributed by atoms with E-state index in [0.717, 1.165) is 51.5 Å². The van der Waals surface area contributed by atoms with Gasteiger partial charge >= 0.3 is 0 Å². The van der Waals surface area contributed by atoms with Crippen LogP contribution in [-0.4, -0.2) is 25.1 Å². The van der Waals surface area contributed by atoms with Crippen LogP contribution >= 0.6 is 0 Å². The molecule has 5 nitrogen and oxygen atoms in total. The number of fused-ring (bicyclic) bond motifs is 1. The predicted octanol–water partition coefficient (Wildman–Crippen LogP) is 2.68. The Bertz CT molecular complexity index is 1080. The van der Waals surface area contributed by atoms with Crippen LogP contribution in [0.5, 0.6) is 0 Å². The van der Waals surface area contributed by atoms with Crippen molar-refractivity contribution in [3.8, 4) is 11.5 Å². The van der Waals surface area contributed by atoms with E-state index in [9.17, 15) is 0 Å². The molecule has 0 fully saturated rings. The van der Waals surface area contributed by atoms with Gasteiger partial charge in [0.15, 0.2) is 5.82 Å². The highest BCUT2D eigenvalue weighted by molar-refractivity contribution is 5.92. The van der Waals surface area contributed by atoms with Crippen LogP contribution in [0.2, 0.25) is 0 Å². The number of aromatic amines is 2. The molecule has 1 aliphatic carbocycles. The van der Waals surface area contributed by atoms with Gasteiger partial charge in [-0.2, -0.15) is 5.10 Å². The monoisotopic (exact) mass is 317 g/mol. The first-order chi connectivity index (χ1) is 11.8. The van der Waals surface area contributed by atoms with Crippen molar-refractivity contribution in [2.75, 3.05) is 0 Å². The van der Waals surface area contributed by atoms with Crippen LogP contribution in [-0.2, 0) is 0 Å². The van der Waals surface area contributed by atoms with E-state index in [0.29, 0.717) is 0 Å². The van der Waals surface area contributed by atoms with Crippen molar-refractivity contribution in [2.45, 2.75) is 26.7 Å². The van der Waals surface area contributed by atoms with Crippen LogP contribution in [0.25, 0.3) is 40.3 Å². The number of pyridine rings is 1. The first kappa shape index (κ1) is 14.6. The van der Waals surface area contributed by atoms with Gasteiger partial charge in [-0.05, 0) is 32.3 Å². The molecule has 0 amide bonds. The zero-order valence-electron chi connectivity index (χ0n) is 13.8. The second-order valence-corrected chi connectivity index (χ2v) is 5.78. The Morgan fingerprint density at radius 1 is 1.12 bits per heavy atom. The van der Waals surface area contributed by atoms with E-state index in [1.165, 1.54) is 5.57 Å². The van der Waals surface area contributed by atoms with Crippen LogP contribution in [0, 0.1) is 0 Å². The molecule has 0 unspecified atom stereocenters. The number of allylic oxidation sites excluding steroid dienone is 4. The Kier molecular flexibility index (Phi) is 3.61. The first-order valence-corrected chi connectivity index (χ1v) is 8.20. The molecule has 0 radical (unpaired) electrons. The number of nitrogens with zero attached hydrogens (tertiary/aromatic N) is 3. The van der Waals surface area contributed by atoms with Crippen LogP contribution < -0.4 is 10.6 Å². The van der Waals surface area contributed by atoms with Gasteiger partial charge in [-0.15, -0.1) is 0 Å². The SMILES string of the molecule is CC=c1[nH]nc(-c2nc3c(C4=CCCC=C4)cncc3[nH]2)c1=CC. The molecule has 0 saturated carbocycles. The molecule has 120 valence electrons. The summed E-state index contributed by atoms with van der Waals surface area (Å²) in [5.74, 6) is 0.761. The highest BCUT2D eigenvalue weighted by atomic mass is 15.1. The van der Waals surface area contributed by atoms with Crippen molar-refractivity contribution in [1.29, 1.82) is 0 Å². The lowest BCUT2D eigenvalue weighted by molar-refractivity contribution is 1.04. The van der Waals surface area contributed by atoms with Crippen LogP contribution in [0.4, 0.5) is 0 Å². The summed E-state index contributed by atoms with van der Waals surface area (Å²) >= 11 is 0. The van der Waals surface area contributed by atoms with E-state index in [4.69, 9.17) is 4.98 Å². The van der Waals surface area contributed by atoms with Gasteiger partial charge < -0.3 is 4.98 Å². The lowest BCUT2D eigenvalue weighted by atomic mass is 10.0. The zero-order chi connectivity index (χ0) is 16.5. The van der Waals surface area contributed by atoms with Crippen LogP contribution in [0.15, 0.2) is 30.6 Å². The lowest BCUT2D eigenvalue weighted by Gasteiger charge is -2.06. The topological polar surface area (TPSA) is 70.2 Å². The van der Waals surface area contributed by atoms with Gasteiger partial charge in [0.25, 0.3) is 0 Å². The van der Waals surface area contributed by atoms with Crippen LogP contribution in [0.1, 0.15) is 32.3 Å². The fraction of sp³-hybridized carbons (Fsp3) is 0.211. The number of rotatable bonds is 2. The third kappa shape index (κ3) is 2.29. The van der Waals surface area contributed by atoms with Crippen LogP contribution in [0.3, 0.4) is 0 Å². The largest absolute Gasteiger partial charge is 0.335 e. The molecule has 0 saturated heterocycles. The molecule has 2 N–H and O–H groups in total. The van der Waals surface area contributed by atoms with Gasteiger partial charge in [0, 0.05) is 17.0 Å². The summed E-state index contributed by atoms with van der Waals surface area (Å²) in [5.41, 5.74) is 4.94. The summed E-state index contributed by atoms with van der Waals surface area (Å²) in [5, 5.41) is 9.56. The minimum absolute atomic E-state index is 0.761. The van der Waals surface area contributed by atoms with E-state index in [2.05, 4.69) is 38.4 Å². The maximum absolute atomic E-state index is 4.83. The van der Waals surface area contributed by atoms with Crippen molar-refractivity contribution in [3.05, 3.63) is 46.8 Å². The Hall–Kier alpha value is -2.95. The number of hydrogen-bond donors (Lipinski definition) is 2. The highest BCUT2D eigenvalue weighted by Gasteiger charge is 2.14. The molecule has 0 spiro atoms. The normalized spacial score (nSPS) is 16.2. The summed E-state index contributed by atoms with van der Waals surface area (Å²) in [6, 6.07) is 0. The van der Waals surface area contributed by atoms with Crippen molar-refractivity contribution in [1.82, 2.24) is 25.1 Å². The van der Waals surface area contributed by atoms with E-state index in [1.807, 2.05) is 38.4 Å². The molecule has 3 aromatic rings. The molecule has 3 aromatic heterocycles. The Morgan fingerprint density at radius 3 is 2.79 bits per heavy atom. The molecule has 3 heterocycles. The molecule has 5 heteroatoms. The third-order valence-corrected chi connectivity index (χ3v) is 4.34. The number of H-pyrrole nitrogens is 2. The summed E-state index contributed by atoms with van der Waals surface area (Å²) in [4.78, 5) is 12.6. The Morgan fingerprint density at radius 2 is 2.04 bits per heavy atom. The number of nitrogens with one attached hydrogen (secondary N) is 2. The molecular weight excluding hydrogens is 298 g/mol. The van der Waals surface area contributed by atoms with Crippen molar-refractivity contribution >= 4 is 28.8 Å². The van der Waals surface area contributed by atoms with E-state index in [1.54, 1.807) is 0 Å². The number of hydrogen-bond acceptors (Lipinski definition) is 3. The van der Waals surface area contributed by atoms with Gasteiger partial charge in [-0.3, -0.25) is 10.1 Å². The van der Waals surface area contributed by atoms with Gasteiger partial charge in [-0.25, -0.2) is 4.98 Å². The molecule has 0 atom stereocenters. The maximum atomic E-state index is 4.83. The number of imidazole rings is 1. The molecule has 0 aliphatic heterocycles. The standard InChI is InChI=1S/C19H19N5/c1-3-13-15(4-2)23-24-18(13)19-21-16-11-20-10-14(17(16)22-19)12-8-6-5-7-9-12/h3-4,6,8-11,23H,5,7H2,1-2H3,(H,21,22). The molecular formula is C19H19N5. The van der Waals surface area contributed by atoms with E-state index in [-0.39, 0.29) is 0 Å². The first-order valence-electron chi connectivity index (χ1n) is 8.20. The summed E-state index contributed by atoms with van der Waals surface area (Å²) in [6.07, 6.45) is 16.5. The lowest BCUT2D eigenvalue weighted by Crippen LogP contribution is -2.23. The average Bonchev–Trinajstić information content (AvgIpc) is 3.25. The smallest absolute Gasteiger partial charge is 0.159 e. The van der Waals surface area contributed by atoms with Crippen molar-refractivity contribution in [3.63, 3.8) is 0 Å². The fourth-order valence-corrected chi connectivity index (χ4v) is 3.13. The summed E-state index contributed by atoms with van der Waals surface area (Å²) < 4.78 is 0. The molecule has 0 bridgehead atoms. The fourth-order valence-electron chi connectivity index (χ4n) is 3.13. The van der Waals surface area contributed by atoms with Gasteiger partial charge in [0.05, 0.1) is 22.6 Å². The number of aromatic nitrogens is 5. The molecule has 4 rings (SSSR count). The maximum Gasteiger partial charge on any atom is 0.159 e. The van der Waals surface area contributed by atoms with Crippen molar-refractivity contribution < 1.29 is 0 Å². The van der Waals surface area contributed by atoms with Gasteiger partial charge in [0.2, 0.25) is 0 Å². The van der Waals surface area contributed by atoms with E-state index >= 15 is 0 Å². The van der Waals surface area contributed by atoms with E-state index < -0.39 is 0 Å².